The number of aromatic nitrogens is 4. The number of rotatable bonds is 6. The number of H-pyrrole nitrogens is 1. The van der Waals surface area contributed by atoms with Crippen LogP contribution < -0.4 is 16.6 Å². The van der Waals surface area contributed by atoms with Gasteiger partial charge in [0.05, 0.1) is 11.0 Å². The smallest absolute Gasteiger partial charge is 0.322 e. The Morgan fingerprint density at radius 1 is 1.03 bits per heavy atom. The van der Waals surface area contributed by atoms with Crippen molar-refractivity contribution in [2.75, 3.05) is 6.54 Å². The first kappa shape index (κ1) is 19.0. The molecule has 0 aliphatic carbocycles. The van der Waals surface area contributed by atoms with Crippen molar-refractivity contribution in [1.82, 2.24) is 24.8 Å². The molecule has 2 aliphatic rings. The molecule has 0 radical (unpaired) electrons. The van der Waals surface area contributed by atoms with E-state index >= 15 is 0 Å². The highest BCUT2D eigenvalue weighted by molar-refractivity contribution is 5.81. The van der Waals surface area contributed by atoms with Crippen LogP contribution in [0.2, 0.25) is 0 Å². The molecule has 2 heterocycles. The second-order valence-corrected chi connectivity index (χ2v) is 7.25. The summed E-state index contributed by atoms with van der Waals surface area (Å²) in [5, 5.41) is 3.43. The van der Waals surface area contributed by atoms with E-state index in [0.717, 1.165) is 41.7 Å². The van der Waals surface area contributed by atoms with Crippen LogP contribution in [0.25, 0.3) is 22.6 Å². The fourth-order valence-electron chi connectivity index (χ4n) is 3.47. The second-order valence-electron chi connectivity index (χ2n) is 7.25. The molecule has 2 aliphatic heterocycles. The van der Waals surface area contributed by atoms with Gasteiger partial charge in [0.25, 0.3) is 5.56 Å². The molecule has 0 fully saturated rings. The third kappa shape index (κ3) is 3.95. The molecule has 2 aromatic carbocycles. The topological polar surface area (TPSA) is 92.7 Å². The minimum atomic E-state index is -0.650. The molecule has 0 saturated carbocycles. The Morgan fingerprint density at radius 3 is 2.59 bits per heavy atom. The van der Waals surface area contributed by atoms with E-state index in [-0.39, 0.29) is 5.69 Å². The Balaban J connectivity index is 1.64. The first-order chi connectivity index (χ1) is 14.0. The van der Waals surface area contributed by atoms with Gasteiger partial charge < -0.3 is 9.88 Å². The van der Waals surface area contributed by atoms with Crippen molar-refractivity contribution >= 4 is 11.0 Å². The van der Waals surface area contributed by atoms with Crippen molar-refractivity contribution in [3.8, 4) is 11.5 Å². The van der Waals surface area contributed by atoms with Crippen molar-refractivity contribution in [2.45, 2.75) is 33.4 Å². The molecule has 0 bridgehead atoms. The van der Waals surface area contributed by atoms with E-state index in [0.29, 0.717) is 12.4 Å². The van der Waals surface area contributed by atoms with Gasteiger partial charge in [0, 0.05) is 13.1 Å². The Morgan fingerprint density at radius 2 is 1.79 bits per heavy atom. The van der Waals surface area contributed by atoms with Crippen LogP contribution in [0.3, 0.4) is 0 Å². The zero-order chi connectivity index (χ0) is 20.4. The molecule has 0 amide bonds. The number of aryl methyl sites for hydroxylation is 3. The van der Waals surface area contributed by atoms with E-state index in [4.69, 9.17) is 0 Å². The average Bonchev–Trinajstić information content (AvgIpc) is 2.70. The van der Waals surface area contributed by atoms with Gasteiger partial charge >= 0.3 is 5.69 Å². The highest BCUT2D eigenvalue weighted by atomic mass is 16.2. The Bertz CT molecular complexity index is 1240. The van der Waals surface area contributed by atoms with Crippen LogP contribution >= 0.6 is 0 Å². The molecule has 0 atom stereocenters. The lowest BCUT2D eigenvalue weighted by molar-refractivity contribution is 0.585. The average molecular weight is 389 g/mol. The Labute approximate surface area is 167 Å². The molecule has 29 heavy (non-hydrogen) atoms. The van der Waals surface area contributed by atoms with Crippen LogP contribution in [-0.2, 0) is 13.1 Å². The van der Waals surface area contributed by atoms with E-state index in [1.54, 1.807) is 0 Å². The third-order valence-electron chi connectivity index (χ3n) is 5.13. The molecule has 7 nitrogen and oxygen atoms in total. The van der Waals surface area contributed by atoms with E-state index in [1.165, 1.54) is 5.56 Å². The first-order valence-corrected chi connectivity index (χ1v) is 9.69. The summed E-state index contributed by atoms with van der Waals surface area (Å²) in [5.74, 6) is 0.331. The Kier molecular flexibility index (Phi) is 5.22. The summed E-state index contributed by atoms with van der Waals surface area (Å²) in [6.07, 6.45) is 0.821. The standard InChI is InChI=1S/C22H23N5O2/c1-14-11-17-18(12-15(14)2)27(20-19(24-17)21(28)26-22(29)25-20)10-6-9-23-13-16-7-4-3-5-8-16/h3-5,7-8,11-12,23H,6,9-10,13H2,1-2H3,(H,26,28,29). The summed E-state index contributed by atoms with van der Waals surface area (Å²) < 4.78 is 1.94. The zero-order valence-corrected chi connectivity index (χ0v) is 16.5. The third-order valence-corrected chi connectivity index (χ3v) is 5.13. The molecule has 0 saturated heterocycles. The summed E-state index contributed by atoms with van der Waals surface area (Å²) in [4.78, 5) is 34.9. The van der Waals surface area contributed by atoms with Crippen LogP contribution in [0, 0.1) is 13.8 Å². The van der Waals surface area contributed by atoms with E-state index < -0.39 is 11.2 Å². The maximum Gasteiger partial charge on any atom is 0.349 e. The lowest BCUT2D eigenvalue weighted by Gasteiger charge is -2.18. The number of fused-ring (bicyclic) bond motifs is 2. The quantitative estimate of drug-likeness (QED) is 0.390. The number of nitrogens with one attached hydrogen (secondary N) is 2. The maximum atomic E-state index is 12.3. The van der Waals surface area contributed by atoms with E-state index in [9.17, 15) is 9.59 Å². The van der Waals surface area contributed by atoms with Gasteiger partial charge in [0.15, 0.2) is 11.5 Å². The fraction of sp³-hybridized carbons (Fsp3) is 0.273. The molecule has 4 rings (SSSR count). The summed E-state index contributed by atoms with van der Waals surface area (Å²) in [6.45, 7) is 6.27. The van der Waals surface area contributed by atoms with Gasteiger partial charge in [-0.1, -0.05) is 30.3 Å². The summed E-state index contributed by atoms with van der Waals surface area (Å²) in [7, 11) is 0. The normalized spacial score (nSPS) is 11.4. The molecule has 0 aromatic heterocycles. The zero-order valence-electron chi connectivity index (χ0n) is 16.5. The van der Waals surface area contributed by atoms with Gasteiger partial charge in [-0.05, 0) is 55.6 Å². The van der Waals surface area contributed by atoms with Crippen molar-refractivity contribution in [1.29, 1.82) is 0 Å². The molecule has 0 unspecified atom stereocenters. The SMILES string of the molecule is Cc1cc2nc3c(=O)[nH]c(=O)nc-3n(CCCNCc3ccccc3)c2cc1C. The van der Waals surface area contributed by atoms with E-state index in [2.05, 4.69) is 32.4 Å². The van der Waals surface area contributed by atoms with Gasteiger partial charge in [-0.3, -0.25) is 9.78 Å². The van der Waals surface area contributed by atoms with Crippen LogP contribution in [0.1, 0.15) is 23.1 Å². The highest BCUT2D eigenvalue weighted by Crippen LogP contribution is 2.23. The number of benzene rings is 2. The van der Waals surface area contributed by atoms with Crippen LogP contribution in [-0.4, -0.2) is 26.1 Å². The van der Waals surface area contributed by atoms with Crippen molar-refractivity contribution < 1.29 is 0 Å². The lowest BCUT2D eigenvalue weighted by Crippen LogP contribution is -2.29. The highest BCUT2D eigenvalue weighted by Gasteiger charge is 2.18. The molecule has 2 aromatic rings. The van der Waals surface area contributed by atoms with Gasteiger partial charge in [0.1, 0.15) is 0 Å². The summed E-state index contributed by atoms with van der Waals surface area (Å²) in [6, 6.07) is 14.2. The molecule has 7 heteroatoms. The number of nitrogens with zero attached hydrogens (tertiary/aromatic N) is 3. The van der Waals surface area contributed by atoms with E-state index in [1.807, 2.05) is 48.7 Å². The minimum Gasteiger partial charge on any atom is -0.322 e. The molecule has 0 spiro atoms. The van der Waals surface area contributed by atoms with Crippen molar-refractivity contribution in [3.05, 3.63) is 80.0 Å². The van der Waals surface area contributed by atoms with Crippen molar-refractivity contribution in [3.63, 3.8) is 0 Å². The predicted octanol–water partition coefficient (Wildman–Crippen LogP) is 2.38. The number of aromatic amines is 1. The minimum absolute atomic E-state index is 0.192. The van der Waals surface area contributed by atoms with Gasteiger partial charge in [-0.15, -0.1) is 0 Å². The Hall–Kier alpha value is -3.32. The largest absolute Gasteiger partial charge is 0.349 e. The van der Waals surface area contributed by atoms with Crippen LogP contribution in [0.4, 0.5) is 0 Å². The second kappa shape index (κ2) is 7.97. The maximum absolute atomic E-state index is 12.3. The molecular weight excluding hydrogens is 366 g/mol. The number of hydrogen-bond donors (Lipinski definition) is 2. The number of hydrogen-bond acceptors (Lipinski definition) is 5. The van der Waals surface area contributed by atoms with Gasteiger partial charge in [-0.25, -0.2) is 9.78 Å². The van der Waals surface area contributed by atoms with Crippen LogP contribution in [0.5, 0.6) is 0 Å². The lowest BCUT2D eigenvalue weighted by atomic mass is 10.1. The fourth-order valence-corrected chi connectivity index (χ4v) is 3.47. The van der Waals surface area contributed by atoms with Crippen molar-refractivity contribution in [2.24, 2.45) is 0 Å². The monoisotopic (exact) mass is 389 g/mol. The summed E-state index contributed by atoms with van der Waals surface area (Å²) in [5.41, 5.74) is 4.10. The molecule has 148 valence electrons. The first-order valence-electron chi connectivity index (χ1n) is 9.69. The van der Waals surface area contributed by atoms with Crippen LogP contribution in [0.15, 0.2) is 52.1 Å². The predicted molar refractivity (Wildman–Crippen MR) is 113 cm³/mol. The van der Waals surface area contributed by atoms with Gasteiger partial charge in [-0.2, -0.15) is 4.98 Å². The molecular formula is C22H23N5O2. The van der Waals surface area contributed by atoms with Gasteiger partial charge in [0.2, 0.25) is 0 Å². The molecule has 2 N–H and O–H groups in total. The summed E-state index contributed by atoms with van der Waals surface area (Å²) >= 11 is 0.